The molecule has 0 saturated heterocycles. The maximum atomic E-state index is 12.5. The molecule has 0 unspecified atom stereocenters. The van der Waals surface area contributed by atoms with Crippen LogP contribution in [0.15, 0.2) is 28.9 Å². The van der Waals surface area contributed by atoms with Crippen molar-refractivity contribution in [3.05, 3.63) is 56.8 Å². The number of Topliss-reactive ketones (excluding diaryl/α,β-unsaturated/α-hetero) is 1. The third-order valence-corrected chi connectivity index (χ3v) is 4.16. The number of rotatable bonds is 4. The lowest BCUT2D eigenvalue weighted by Gasteiger charge is -2.12. The molecule has 4 heteroatoms. The number of hydrogen-bond acceptors (Lipinski definition) is 3. The number of aryl methyl sites for hydroxylation is 2. The van der Waals surface area contributed by atoms with Crippen LogP contribution in [0.5, 0.6) is 5.75 Å². The molecular formula is C17H18BrNO2. The van der Waals surface area contributed by atoms with Crippen molar-refractivity contribution in [2.24, 2.45) is 0 Å². The number of benzene rings is 1. The van der Waals surface area contributed by atoms with E-state index in [4.69, 9.17) is 4.74 Å². The van der Waals surface area contributed by atoms with Gasteiger partial charge in [-0.15, -0.1) is 0 Å². The first kappa shape index (κ1) is 15.7. The Kier molecular flexibility index (Phi) is 4.78. The minimum atomic E-state index is 0.0448. The third kappa shape index (κ3) is 3.32. The smallest absolute Gasteiger partial charge is 0.169 e. The quantitative estimate of drug-likeness (QED) is 0.778. The molecule has 1 aromatic carbocycles. The molecule has 110 valence electrons. The van der Waals surface area contributed by atoms with Crippen molar-refractivity contribution in [3.63, 3.8) is 0 Å². The molecule has 1 aromatic heterocycles. The van der Waals surface area contributed by atoms with Crippen molar-refractivity contribution >= 4 is 21.7 Å². The molecule has 0 saturated carbocycles. The Morgan fingerprint density at radius 1 is 1.29 bits per heavy atom. The van der Waals surface area contributed by atoms with E-state index in [1.807, 2.05) is 39.0 Å². The Balaban J connectivity index is 2.32. The topological polar surface area (TPSA) is 39.2 Å². The van der Waals surface area contributed by atoms with Crippen LogP contribution in [0.1, 0.15) is 32.7 Å². The molecule has 0 aliphatic heterocycles. The highest BCUT2D eigenvalue weighted by atomic mass is 79.9. The highest BCUT2D eigenvalue weighted by Gasteiger charge is 2.16. The molecule has 21 heavy (non-hydrogen) atoms. The zero-order valence-electron chi connectivity index (χ0n) is 12.7. The summed E-state index contributed by atoms with van der Waals surface area (Å²) in [6, 6.07) is 5.74. The van der Waals surface area contributed by atoms with Crippen molar-refractivity contribution in [2.75, 3.05) is 7.11 Å². The first-order valence-electron chi connectivity index (χ1n) is 6.72. The maximum Gasteiger partial charge on any atom is 0.169 e. The normalized spacial score (nSPS) is 10.5. The number of halogens is 1. The van der Waals surface area contributed by atoms with Crippen LogP contribution in [-0.4, -0.2) is 17.9 Å². The number of aromatic nitrogens is 1. The van der Waals surface area contributed by atoms with Gasteiger partial charge >= 0.3 is 0 Å². The molecule has 2 rings (SSSR count). The van der Waals surface area contributed by atoms with Gasteiger partial charge in [-0.05, 0) is 38.5 Å². The number of ketones is 1. The molecule has 0 bridgehead atoms. The molecular weight excluding hydrogens is 330 g/mol. The predicted molar refractivity (Wildman–Crippen MR) is 87.2 cm³/mol. The van der Waals surface area contributed by atoms with Crippen molar-refractivity contribution in [1.29, 1.82) is 0 Å². The minimum absolute atomic E-state index is 0.0448. The van der Waals surface area contributed by atoms with Crippen LogP contribution >= 0.6 is 15.9 Å². The SMILES string of the molecule is COc1c(C)cnc(CC(=O)c2ccc(C)cc2Br)c1C. The van der Waals surface area contributed by atoms with Crippen LogP contribution in [0.25, 0.3) is 0 Å². The Morgan fingerprint density at radius 2 is 2.00 bits per heavy atom. The molecule has 2 aromatic rings. The van der Waals surface area contributed by atoms with Gasteiger partial charge in [0, 0.05) is 27.4 Å². The Morgan fingerprint density at radius 3 is 2.62 bits per heavy atom. The van der Waals surface area contributed by atoms with Crippen molar-refractivity contribution in [1.82, 2.24) is 4.98 Å². The van der Waals surface area contributed by atoms with Crippen LogP contribution < -0.4 is 4.74 Å². The molecule has 0 atom stereocenters. The van der Waals surface area contributed by atoms with E-state index in [0.29, 0.717) is 5.56 Å². The van der Waals surface area contributed by atoms with Gasteiger partial charge in [-0.1, -0.05) is 22.0 Å². The molecule has 0 aliphatic carbocycles. The first-order valence-corrected chi connectivity index (χ1v) is 7.51. The first-order chi connectivity index (χ1) is 9.93. The van der Waals surface area contributed by atoms with E-state index in [-0.39, 0.29) is 12.2 Å². The van der Waals surface area contributed by atoms with E-state index in [1.165, 1.54) is 0 Å². The lowest BCUT2D eigenvalue weighted by Crippen LogP contribution is -2.09. The third-order valence-electron chi connectivity index (χ3n) is 3.50. The zero-order valence-corrected chi connectivity index (χ0v) is 14.2. The lowest BCUT2D eigenvalue weighted by molar-refractivity contribution is 0.0991. The van der Waals surface area contributed by atoms with E-state index in [2.05, 4.69) is 20.9 Å². The number of ether oxygens (including phenoxy) is 1. The summed E-state index contributed by atoms with van der Waals surface area (Å²) in [6.45, 7) is 5.88. The van der Waals surface area contributed by atoms with E-state index >= 15 is 0 Å². The van der Waals surface area contributed by atoms with Gasteiger partial charge in [-0.2, -0.15) is 0 Å². The summed E-state index contributed by atoms with van der Waals surface area (Å²) in [5.41, 5.74) is 4.46. The maximum absolute atomic E-state index is 12.5. The molecule has 0 amide bonds. The Bertz CT molecular complexity index is 695. The van der Waals surface area contributed by atoms with Gasteiger partial charge in [-0.3, -0.25) is 9.78 Å². The summed E-state index contributed by atoms with van der Waals surface area (Å²) in [5.74, 6) is 0.846. The van der Waals surface area contributed by atoms with Crippen LogP contribution in [-0.2, 0) is 6.42 Å². The number of nitrogens with zero attached hydrogens (tertiary/aromatic N) is 1. The van der Waals surface area contributed by atoms with Crippen LogP contribution in [0.4, 0.5) is 0 Å². The van der Waals surface area contributed by atoms with E-state index in [9.17, 15) is 4.79 Å². The summed E-state index contributed by atoms with van der Waals surface area (Å²) in [6.07, 6.45) is 2.02. The number of carbonyl (C=O) groups excluding carboxylic acids is 1. The second-order valence-corrected chi connectivity index (χ2v) is 5.98. The largest absolute Gasteiger partial charge is 0.496 e. The number of methoxy groups -OCH3 is 1. The molecule has 3 nitrogen and oxygen atoms in total. The van der Waals surface area contributed by atoms with Gasteiger partial charge in [0.05, 0.1) is 19.2 Å². The van der Waals surface area contributed by atoms with Gasteiger partial charge < -0.3 is 4.74 Å². The van der Waals surface area contributed by atoms with Crippen molar-refractivity contribution in [3.8, 4) is 5.75 Å². The highest BCUT2D eigenvalue weighted by molar-refractivity contribution is 9.10. The number of pyridine rings is 1. The Hall–Kier alpha value is -1.68. The van der Waals surface area contributed by atoms with Crippen molar-refractivity contribution < 1.29 is 9.53 Å². The fourth-order valence-corrected chi connectivity index (χ4v) is 3.06. The van der Waals surface area contributed by atoms with Gasteiger partial charge in [0.2, 0.25) is 0 Å². The minimum Gasteiger partial charge on any atom is -0.496 e. The van der Waals surface area contributed by atoms with Gasteiger partial charge in [-0.25, -0.2) is 0 Å². The standard InChI is InChI=1S/C17H18BrNO2/c1-10-5-6-13(14(18)7-10)16(20)8-15-12(3)17(21-4)11(2)9-19-15/h5-7,9H,8H2,1-4H3. The van der Waals surface area contributed by atoms with Crippen molar-refractivity contribution in [2.45, 2.75) is 27.2 Å². The average Bonchev–Trinajstić information content (AvgIpc) is 2.42. The summed E-state index contributed by atoms with van der Waals surface area (Å²) in [4.78, 5) is 16.9. The summed E-state index contributed by atoms with van der Waals surface area (Å²) >= 11 is 3.45. The monoisotopic (exact) mass is 347 g/mol. The lowest BCUT2D eigenvalue weighted by atomic mass is 10.0. The molecule has 0 spiro atoms. The predicted octanol–water partition coefficient (Wildman–Crippen LogP) is 4.20. The number of hydrogen-bond donors (Lipinski definition) is 0. The van der Waals surface area contributed by atoms with E-state index in [1.54, 1.807) is 13.3 Å². The number of carbonyl (C=O) groups is 1. The summed E-state index contributed by atoms with van der Waals surface area (Å²) < 4.78 is 6.21. The van der Waals surface area contributed by atoms with Gasteiger partial charge in [0.1, 0.15) is 5.75 Å². The van der Waals surface area contributed by atoms with Crippen LogP contribution in [0.3, 0.4) is 0 Å². The molecule has 0 fully saturated rings. The Labute approximate surface area is 133 Å². The molecule has 0 radical (unpaired) electrons. The second kappa shape index (κ2) is 6.39. The molecule has 0 aliphatic rings. The van der Waals surface area contributed by atoms with Crippen LogP contribution in [0.2, 0.25) is 0 Å². The molecule has 0 N–H and O–H groups in total. The van der Waals surface area contributed by atoms with E-state index in [0.717, 1.165) is 32.6 Å². The van der Waals surface area contributed by atoms with Gasteiger partial charge in [0.25, 0.3) is 0 Å². The molecule has 1 heterocycles. The van der Waals surface area contributed by atoms with E-state index < -0.39 is 0 Å². The zero-order chi connectivity index (χ0) is 15.6. The van der Waals surface area contributed by atoms with Gasteiger partial charge in [0.15, 0.2) is 5.78 Å². The average molecular weight is 348 g/mol. The summed E-state index contributed by atoms with van der Waals surface area (Å²) in [7, 11) is 1.64. The fourth-order valence-electron chi connectivity index (χ4n) is 2.34. The van der Waals surface area contributed by atoms with Crippen LogP contribution in [0, 0.1) is 20.8 Å². The highest BCUT2D eigenvalue weighted by Crippen LogP contribution is 2.26. The second-order valence-electron chi connectivity index (χ2n) is 5.13. The summed E-state index contributed by atoms with van der Waals surface area (Å²) in [5, 5.41) is 0. The fraction of sp³-hybridized carbons (Fsp3) is 0.294.